The van der Waals surface area contributed by atoms with E-state index in [1.54, 1.807) is 24.3 Å². The molecular formula is C14H8BrN3O3S. The number of nitrogens with one attached hydrogen (secondary N) is 1. The second kappa shape index (κ2) is 6.98. The first-order valence-electron chi connectivity index (χ1n) is 5.93. The molecule has 0 aliphatic rings. The summed E-state index contributed by atoms with van der Waals surface area (Å²) in [7, 11) is 0. The number of para-hydroxylation sites is 2. The van der Waals surface area contributed by atoms with Crippen LogP contribution in [0, 0.1) is 21.4 Å². The van der Waals surface area contributed by atoms with Gasteiger partial charge in [-0.25, -0.2) is 0 Å². The Labute approximate surface area is 138 Å². The van der Waals surface area contributed by atoms with Gasteiger partial charge >= 0.3 is 0 Å². The number of rotatable bonds is 4. The summed E-state index contributed by atoms with van der Waals surface area (Å²) >= 11 is 4.66. The number of carbonyl (C=O) groups is 1. The van der Waals surface area contributed by atoms with Crippen LogP contribution in [0.25, 0.3) is 6.08 Å². The van der Waals surface area contributed by atoms with Gasteiger partial charge in [-0.2, -0.15) is 5.26 Å². The van der Waals surface area contributed by atoms with E-state index in [4.69, 9.17) is 5.26 Å². The van der Waals surface area contributed by atoms with Crippen molar-refractivity contribution in [2.45, 2.75) is 0 Å². The molecule has 0 bridgehead atoms. The Morgan fingerprint density at radius 2 is 2.09 bits per heavy atom. The van der Waals surface area contributed by atoms with Crippen LogP contribution in [0.1, 0.15) is 4.88 Å². The average molecular weight is 378 g/mol. The lowest BCUT2D eigenvalue weighted by Gasteiger charge is -2.04. The normalized spacial score (nSPS) is 10.8. The van der Waals surface area contributed by atoms with Gasteiger partial charge in [0.05, 0.1) is 8.71 Å². The third kappa shape index (κ3) is 3.78. The van der Waals surface area contributed by atoms with Crippen molar-refractivity contribution in [3.63, 3.8) is 0 Å². The van der Waals surface area contributed by atoms with Gasteiger partial charge in [0.25, 0.3) is 11.6 Å². The number of anilines is 1. The fraction of sp³-hybridized carbons (Fsp3) is 0. The third-order valence-corrected chi connectivity index (χ3v) is 4.17. The van der Waals surface area contributed by atoms with Crippen LogP contribution in [0.2, 0.25) is 0 Å². The Hall–Kier alpha value is -2.50. The molecule has 0 saturated carbocycles. The number of amides is 1. The maximum atomic E-state index is 12.1. The summed E-state index contributed by atoms with van der Waals surface area (Å²) < 4.78 is 0.871. The Bertz CT molecular complexity index is 808. The Morgan fingerprint density at radius 3 is 2.68 bits per heavy atom. The first-order chi connectivity index (χ1) is 10.5. The second-order valence-corrected chi connectivity index (χ2v) is 6.53. The zero-order chi connectivity index (χ0) is 16.1. The number of nitro benzene ring substituents is 1. The number of hydrogen-bond donors (Lipinski definition) is 1. The minimum atomic E-state index is -0.693. The number of halogens is 1. The van der Waals surface area contributed by atoms with Crippen LogP contribution in [0.4, 0.5) is 11.4 Å². The Morgan fingerprint density at radius 1 is 1.36 bits per heavy atom. The first-order valence-corrected chi connectivity index (χ1v) is 7.54. The fourth-order valence-electron chi connectivity index (χ4n) is 1.62. The van der Waals surface area contributed by atoms with Crippen molar-refractivity contribution in [1.82, 2.24) is 0 Å². The van der Waals surface area contributed by atoms with Crippen LogP contribution in [0.3, 0.4) is 0 Å². The maximum Gasteiger partial charge on any atom is 0.292 e. The predicted octanol–water partition coefficient (Wildman–Crippen LogP) is 3.96. The Balaban J connectivity index is 2.26. The van der Waals surface area contributed by atoms with Crippen LogP contribution >= 0.6 is 27.3 Å². The molecule has 22 heavy (non-hydrogen) atoms. The zero-order valence-corrected chi connectivity index (χ0v) is 13.3. The maximum absolute atomic E-state index is 12.1. The lowest BCUT2D eigenvalue weighted by atomic mass is 10.2. The molecule has 1 N–H and O–H groups in total. The van der Waals surface area contributed by atoms with Gasteiger partial charge in [-0.1, -0.05) is 12.1 Å². The predicted molar refractivity (Wildman–Crippen MR) is 87.3 cm³/mol. The molecule has 0 spiro atoms. The van der Waals surface area contributed by atoms with Crippen molar-refractivity contribution in [3.05, 3.63) is 60.7 Å². The van der Waals surface area contributed by atoms with E-state index < -0.39 is 10.8 Å². The average Bonchev–Trinajstić information content (AvgIpc) is 2.90. The highest BCUT2D eigenvalue weighted by molar-refractivity contribution is 9.11. The number of benzene rings is 1. The lowest BCUT2D eigenvalue weighted by molar-refractivity contribution is -0.383. The molecule has 2 aromatic rings. The number of hydrogen-bond acceptors (Lipinski definition) is 5. The van der Waals surface area contributed by atoms with Crippen molar-refractivity contribution in [1.29, 1.82) is 5.26 Å². The van der Waals surface area contributed by atoms with E-state index in [2.05, 4.69) is 21.2 Å². The van der Waals surface area contributed by atoms with E-state index in [-0.39, 0.29) is 16.9 Å². The van der Waals surface area contributed by atoms with Crippen LogP contribution in [0.15, 0.2) is 45.8 Å². The molecule has 1 aromatic carbocycles. The number of nitrogens with zero attached hydrogens (tertiary/aromatic N) is 2. The van der Waals surface area contributed by atoms with Crippen molar-refractivity contribution in [2.75, 3.05) is 5.32 Å². The van der Waals surface area contributed by atoms with Crippen LogP contribution in [-0.4, -0.2) is 10.8 Å². The van der Waals surface area contributed by atoms with E-state index >= 15 is 0 Å². The van der Waals surface area contributed by atoms with Gasteiger partial charge in [0.2, 0.25) is 0 Å². The largest absolute Gasteiger partial charge is 0.316 e. The number of nitriles is 1. The molecule has 0 saturated heterocycles. The number of thiophene rings is 1. The molecule has 0 unspecified atom stereocenters. The molecule has 6 nitrogen and oxygen atoms in total. The minimum Gasteiger partial charge on any atom is -0.316 e. The molecule has 1 amide bonds. The van der Waals surface area contributed by atoms with Crippen LogP contribution in [-0.2, 0) is 4.79 Å². The smallest absolute Gasteiger partial charge is 0.292 e. The molecule has 0 atom stereocenters. The highest BCUT2D eigenvalue weighted by Crippen LogP contribution is 2.26. The van der Waals surface area contributed by atoms with Gasteiger partial charge in [-0.3, -0.25) is 14.9 Å². The SMILES string of the molecule is N#C/C(=C\c1ccc(Br)s1)C(=O)Nc1ccccc1[N+](=O)[O-]. The van der Waals surface area contributed by atoms with Crippen LogP contribution < -0.4 is 5.32 Å². The molecule has 0 fully saturated rings. The molecule has 2 rings (SSSR count). The van der Waals surface area contributed by atoms with E-state index in [9.17, 15) is 14.9 Å². The molecule has 8 heteroatoms. The molecule has 0 aliphatic carbocycles. The van der Waals surface area contributed by atoms with E-state index in [0.717, 1.165) is 8.66 Å². The highest BCUT2D eigenvalue weighted by atomic mass is 79.9. The highest BCUT2D eigenvalue weighted by Gasteiger charge is 2.17. The molecule has 110 valence electrons. The fourth-order valence-corrected chi connectivity index (χ4v) is 2.99. The summed E-state index contributed by atoms with van der Waals surface area (Å²) in [5.74, 6) is -0.693. The molecular weight excluding hydrogens is 370 g/mol. The van der Waals surface area contributed by atoms with Gasteiger partial charge in [0.15, 0.2) is 0 Å². The quantitative estimate of drug-likeness (QED) is 0.377. The van der Waals surface area contributed by atoms with Gasteiger partial charge < -0.3 is 5.32 Å². The molecule has 1 aromatic heterocycles. The number of carbonyl (C=O) groups excluding carboxylic acids is 1. The van der Waals surface area contributed by atoms with Gasteiger partial charge in [0, 0.05) is 10.9 Å². The van der Waals surface area contributed by atoms with Crippen molar-refractivity contribution in [3.8, 4) is 6.07 Å². The van der Waals surface area contributed by atoms with Crippen molar-refractivity contribution >= 4 is 50.6 Å². The summed E-state index contributed by atoms with van der Waals surface area (Å²) in [6, 6.07) is 11.1. The van der Waals surface area contributed by atoms with E-state index in [0.29, 0.717) is 0 Å². The van der Waals surface area contributed by atoms with E-state index in [1.807, 2.05) is 0 Å². The summed E-state index contributed by atoms with van der Waals surface area (Å²) in [6.45, 7) is 0. The van der Waals surface area contributed by atoms with Crippen molar-refractivity contribution in [2.24, 2.45) is 0 Å². The van der Waals surface area contributed by atoms with E-state index in [1.165, 1.54) is 35.6 Å². The number of nitro groups is 1. The first kappa shape index (κ1) is 15.9. The van der Waals surface area contributed by atoms with Crippen LogP contribution in [0.5, 0.6) is 0 Å². The molecule has 0 radical (unpaired) electrons. The molecule has 1 heterocycles. The summed E-state index contributed by atoms with van der Waals surface area (Å²) in [5.41, 5.74) is -0.314. The van der Waals surface area contributed by atoms with Gasteiger partial charge in [0.1, 0.15) is 17.3 Å². The lowest BCUT2D eigenvalue weighted by Crippen LogP contribution is -2.14. The standard InChI is InChI=1S/C14H8BrN3O3S/c15-13-6-5-10(22-13)7-9(8-16)14(19)17-11-3-1-2-4-12(11)18(20)21/h1-7H,(H,17,19)/b9-7+. The minimum absolute atomic E-state index is 0.0472. The van der Waals surface area contributed by atoms with Gasteiger partial charge in [-0.05, 0) is 40.2 Å². The van der Waals surface area contributed by atoms with Crippen molar-refractivity contribution < 1.29 is 9.72 Å². The van der Waals surface area contributed by atoms with Gasteiger partial charge in [-0.15, -0.1) is 11.3 Å². The second-order valence-electron chi connectivity index (χ2n) is 4.04. The Kier molecular flexibility index (Phi) is 5.04. The summed E-state index contributed by atoms with van der Waals surface area (Å²) in [5, 5.41) is 22.4. The summed E-state index contributed by atoms with van der Waals surface area (Å²) in [6.07, 6.45) is 1.43. The summed E-state index contributed by atoms with van der Waals surface area (Å²) in [4.78, 5) is 23.1. The monoisotopic (exact) mass is 377 g/mol. The third-order valence-electron chi connectivity index (χ3n) is 2.59. The topological polar surface area (TPSA) is 96.0 Å². The molecule has 0 aliphatic heterocycles. The zero-order valence-electron chi connectivity index (χ0n) is 10.9.